The van der Waals surface area contributed by atoms with Gasteiger partial charge in [0.05, 0.1) is 0 Å². The van der Waals surface area contributed by atoms with Crippen molar-refractivity contribution in [1.82, 2.24) is 0 Å². The summed E-state index contributed by atoms with van der Waals surface area (Å²) in [7, 11) is 0. The molecular weight excluding hydrogens is 134 g/mol. The van der Waals surface area contributed by atoms with Gasteiger partial charge < -0.3 is 0 Å². The Morgan fingerprint density at radius 1 is 1.55 bits per heavy atom. The van der Waals surface area contributed by atoms with Crippen molar-refractivity contribution < 1.29 is 0 Å². The minimum Gasteiger partial charge on any atom is -0.262 e. The number of hydrogen-bond donors (Lipinski definition) is 0. The van der Waals surface area contributed by atoms with Gasteiger partial charge in [0.15, 0.2) is 0 Å². The second-order valence-corrected chi connectivity index (χ2v) is 2.89. The van der Waals surface area contributed by atoms with Crippen molar-refractivity contribution in [2.75, 3.05) is 0 Å². The molecule has 0 aliphatic carbocycles. The van der Waals surface area contributed by atoms with Crippen molar-refractivity contribution in [3.8, 4) is 0 Å². The Hall–Kier alpha value is -0.850. The zero-order chi connectivity index (χ0) is 8.10. The van der Waals surface area contributed by atoms with Crippen LogP contribution >= 0.6 is 0 Å². The molecule has 0 amide bonds. The molecule has 0 saturated carbocycles. The van der Waals surface area contributed by atoms with Gasteiger partial charge in [0.2, 0.25) is 0 Å². The highest BCUT2D eigenvalue weighted by atomic mass is 14.7. The molecule has 0 N–H and O–H groups in total. The molecule has 0 spiro atoms. The van der Waals surface area contributed by atoms with E-state index in [4.69, 9.17) is 0 Å². The summed E-state index contributed by atoms with van der Waals surface area (Å²) in [5.41, 5.74) is 2.44. The van der Waals surface area contributed by atoms with Crippen LogP contribution in [-0.2, 0) is 0 Å². The Morgan fingerprint density at radius 3 is 3.09 bits per heavy atom. The summed E-state index contributed by atoms with van der Waals surface area (Å²) >= 11 is 0. The lowest BCUT2D eigenvalue weighted by Gasteiger charge is -1.97. The van der Waals surface area contributed by atoms with Gasteiger partial charge in [-0.1, -0.05) is 25.5 Å². The maximum atomic E-state index is 4.48. The normalized spacial score (nSPS) is 17.3. The van der Waals surface area contributed by atoms with Crippen LogP contribution < -0.4 is 0 Å². The van der Waals surface area contributed by atoms with Gasteiger partial charge in [-0.3, -0.25) is 4.99 Å². The first kappa shape index (κ1) is 8.25. The predicted molar refractivity (Wildman–Crippen MR) is 49.9 cm³/mol. The topological polar surface area (TPSA) is 12.4 Å². The second-order valence-electron chi connectivity index (χ2n) is 2.89. The fraction of sp³-hybridized carbons (Fsp3) is 0.500. The van der Waals surface area contributed by atoms with Crippen LogP contribution in [0.5, 0.6) is 0 Å². The second kappa shape index (κ2) is 4.12. The SMILES string of the molecule is CCCC1=CC=CCC(C)=N1. The molecule has 0 aromatic carbocycles. The minimum absolute atomic E-state index is 1.00. The average Bonchev–Trinajstić information content (AvgIpc) is 2.15. The van der Waals surface area contributed by atoms with Gasteiger partial charge in [0, 0.05) is 17.8 Å². The maximum absolute atomic E-state index is 4.48. The van der Waals surface area contributed by atoms with Gasteiger partial charge in [0.1, 0.15) is 0 Å². The number of allylic oxidation sites excluding steroid dienone is 4. The van der Waals surface area contributed by atoms with Crippen molar-refractivity contribution in [3.63, 3.8) is 0 Å². The number of rotatable bonds is 2. The summed E-state index contributed by atoms with van der Waals surface area (Å²) in [5.74, 6) is 0. The highest BCUT2D eigenvalue weighted by Crippen LogP contribution is 2.10. The van der Waals surface area contributed by atoms with Gasteiger partial charge in [-0.05, 0) is 19.4 Å². The summed E-state index contributed by atoms with van der Waals surface area (Å²) in [6, 6.07) is 0. The molecule has 1 nitrogen and oxygen atoms in total. The van der Waals surface area contributed by atoms with Crippen LogP contribution in [0.4, 0.5) is 0 Å². The van der Waals surface area contributed by atoms with Crippen LogP contribution in [0.3, 0.4) is 0 Å². The first-order valence-corrected chi connectivity index (χ1v) is 4.23. The van der Waals surface area contributed by atoms with E-state index in [0.29, 0.717) is 0 Å². The number of nitrogens with zero attached hydrogens (tertiary/aromatic N) is 1. The van der Waals surface area contributed by atoms with Gasteiger partial charge in [-0.15, -0.1) is 0 Å². The maximum Gasteiger partial charge on any atom is 0.0402 e. The molecule has 0 aromatic heterocycles. The number of aliphatic imine (C=N–C) groups is 1. The molecule has 1 aliphatic rings. The van der Waals surface area contributed by atoms with Gasteiger partial charge in [-0.25, -0.2) is 0 Å². The van der Waals surface area contributed by atoms with E-state index in [2.05, 4.69) is 37.1 Å². The van der Waals surface area contributed by atoms with Gasteiger partial charge in [0.25, 0.3) is 0 Å². The molecule has 0 fully saturated rings. The molecule has 1 aliphatic heterocycles. The fourth-order valence-corrected chi connectivity index (χ4v) is 1.14. The first-order chi connectivity index (χ1) is 5.33. The van der Waals surface area contributed by atoms with Crippen LogP contribution in [0.1, 0.15) is 33.1 Å². The van der Waals surface area contributed by atoms with Crippen LogP contribution in [0.15, 0.2) is 28.9 Å². The lowest BCUT2D eigenvalue weighted by atomic mass is 10.2. The number of hydrogen-bond acceptors (Lipinski definition) is 1. The Labute approximate surface area is 68.5 Å². The van der Waals surface area contributed by atoms with E-state index < -0.39 is 0 Å². The Bertz CT molecular complexity index is 209. The van der Waals surface area contributed by atoms with E-state index in [-0.39, 0.29) is 0 Å². The van der Waals surface area contributed by atoms with Gasteiger partial charge >= 0.3 is 0 Å². The Morgan fingerprint density at radius 2 is 2.36 bits per heavy atom. The van der Waals surface area contributed by atoms with E-state index >= 15 is 0 Å². The smallest absolute Gasteiger partial charge is 0.0402 e. The molecule has 1 heterocycles. The standard InChI is InChI=1S/C10H15N/c1-3-6-10-8-5-4-7-9(2)11-10/h4-5,8H,3,6-7H2,1-2H3. The van der Waals surface area contributed by atoms with E-state index in [1.165, 1.54) is 17.8 Å². The Balaban J connectivity index is 2.68. The molecule has 0 atom stereocenters. The van der Waals surface area contributed by atoms with Crippen LogP contribution in [0.25, 0.3) is 0 Å². The monoisotopic (exact) mass is 149 g/mol. The minimum atomic E-state index is 1.00. The fourth-order valence-electron chi connectivity index (χ4n) is 1.14. The van der Waals surface area contributed by atoms with Gasteiger partial charge in [-0.2, -0.15) is 0 Å². The molecular formula is C10H15N. The highest BCUT2D eigenvalue weighted by Gasteiger charge is 1.96. The average molecular weight is 149 g/mol. The third kappa shape index (κ3) is 2.71. The third-order valence-electron chi connectivity index (χ3n) is 1.68. The zero-order valence-electron chi connectivity index (χ0n) is 7.30. The lowest BCUT2D eigenvalue weighted by molar-refractivity contribution is 0.893. The van der Waals surface area contributed by atoms with Crippen molar-refractivity contribution in [1.29, 1.82) is 0 Å². The summed E-state index contributed by atoms with van der Waals surface area (Å²) in [6.45, 7) is 4.26. The van der Waals surface area contributed by atoms with Crippen molar-refractivity contribution >= 4 is 5.71 Å². The lowest BCUT2D eigenvalue weighted by Crippen LogP contribution is -1.88. The summed E-state index contributed by atoms with van der Waals surface area (Å²) < 4.78 is 0. The molecule has 0 saturated heterocycles. The van der Waals surface area contributed by atoms with Crippen molar-refractivity contribution in [2.45, 2.75) is 33.1 Å². The van der Waals surface area contributed by atoms with E-state index in [1.54, 1.807) is 0 Å². The predicted octanol–water partition coefficient (Wildman–Crippen LogP) is 3.09. The molecule has 1 heteroatoms. The van der Waals surface area contributed by atoms with Crippen molar-refractivity contribution in [3.05, 3.63) is 23.9 Å². The van der Waals surface area contributed by atoms with Crippen molar-refractivity contribution in [2.24, 2.45) is 4.99 Å². The van der Waals surface area contributed by atoms with Crippen LogP contribution in [0, 0.1) is 0 Å². The zero-order valence-corrected chi connectivity index (χ0v) is 7.30. The largest absolute Gasteiger partial charge is 0.262 e. The molecule has 60 valence electrons. The Kier molecular flexibility index (Phi) is 3.09. The van der Waals surface area contributed by atoms with E-state index in [9.17, 15) is 0 Å². The summed E-state index contributed by atoms with van der Waals surface area (Å²) in [5, 5.41) is 0. The van der Waals surface area contributed by atoms with E-state index in [0.717, 1.165) is 12.8 Å². The first-order valence-electron chi connectivity index (χ1n) is 4.23. The summed E-state index contributed by atoms with van der Waals surface area (Å²) in [4.78, 5) is 4.48. The third-order valence-corrected chi connectivity index (χ3v) is 1.68. The van der Waals surface area contributed by atoms with E-state index in [1.807, 2.05) is 0 Å². The molecule has 0 bridgehead atoms. The molecule has 0 aromatic rings. The molecule has 0 radical (unpaired) electrons. The molecule has 1 rings (SSSR count). The quantitative estimate of drug-likeness (QED) is 0.572. The molecule has 0 unspecified atom stereocenters. The van der Waals surface area contributed by atoms with Crippen LogP contribution in [0.2, 0.25) is 0 Å². The summed E-state index contributed by atoms with van der Waals surface area (Å²) in [6.07, 6.45) is 9.65. The highest BCUT2D eigenvalue weighted by molar-refractivity contribution is 5.84. The molecule has 11 heavy (non-hydrogen) atoms. The van der Waals surface area contributed by atoms with Crippen LogP contribution in [-0.4, -0.2) is 5.71 Å².